The molecule has 1 aromatic carbocycles. The second-order valence-electron chi connectivity index (χ2n) is 6.20. The van der Waals surface area contributed by atoms with Gasteiger partial charge in [-0.1, -0.05) is 12.1 Å². The lowest BCUT2D eigenvalue weighted by Crippen LogP contribution is -2.43. The van der Waals surface area contributed by atoms with Crippen LogP contribution in [0.3, 0.4) is 0 Å². The van der Waals surface area contributed by atoms with Crippen molar-refractivity contribution >= 4 is 10.9 Å². The second-order valence-corrected chi connectivity index (χ2v) is 6.20. The molecule has 1 saturated heterocycles. The average Bonchev–Trinajstić information content (AvgIpc) is 3.07. The van der Waals surface area contributed by atoms with Crippen LogP contribution in [-0.4, -0.2) is 37.2 Å². The lowest BCUT2D eigenvalue weighted by Gasteiger charge is -2.14. The Bertz CT molecular complexity index is 1050. The number of phenols is 1. The van der Waals surface area contributed by atoms with Gasteiger partial charge in [0.1, 0.15) is 5.75 Å². The van der Waals surface area contributed by atoms with E-state index in [1.807, 2.05) is 23.2 Å². The molecular formula is C17H18N6O3. The SMILES string of the molecule is O=c1[nH]c2c(O)cccc2c(=O)n1CC1CN(Cc2ccccn2)NN1. The van der Waals surface area contributed by atoms with Crippen LogP contribution >= 0.6 is 0 Å². The summed E-state index contributed by atoms with van der Waals surface area (Å²) >= 11 is 0. The van der Waals surface area contributed by atoms with Crippen LogP contribution < -0.4 is 22.2 Å². The number of aromatic nitrogens is 3. The van der Waals surface area contributed by atoms with Gasteiger partial charge in [-0.2, -0.15) is 5.53 Å². The zero-order chi connectivity index (χ0) is 18.1. The molecule has 9 heteroatoms. The minimum atomic E-state index is -0.547. The maximum absolute atomic E-state index is 12.6. The van der Waals surface area contributed by atoms with Crippen molar-refractivity contribution in [3.8, 4) is 5.75 Å². The zero-order valence-electron chi connectivity index (χ0n) is 13.8. The van der Waals surface area contributed by atoms with Gasteiger partial charge in [-0.05, 0) is 24.3 Å². The van der Waals surface area contributed by atoms with Crippen LogP contribution in [-0.2, 0) is 13.1 Å². The highest BCUT2D eigenvalue weighted by Crippen LogP contribution is 2.17. The van der Waals surface area contributed by atoms with Gasteiger partial charge < -0.3 is 10.1 Å². The number of nitrogens with zero attached hydrogens (tertiary/aromatic N) is 3. The number of para-hydroxylation sites is 1. The number of benzene rings is 1. The van der Waals surface area contributed by atoms with E-state index in [0.717, 1.165) is 10.3 Å². The van der Waals surface area contributed by atoms with Crippen molar-refractivity contribution in [1.82, 2.24) is 30.5 Å². The standard InChI is InChI=1S/C17H18N6O3/c24-14-6-3-5-13-15(14)19-17(26)23(16(13)25)10-12-9-22(21-20-12)8-11-4-1-2-7-18-11/h1-7,12,20-21,24H,8-10H2,(H,19,26). The van der Waals surface area contributed by atoms with Gasteiger partial charge in [0.2, 0.25) is 0 Å². The molecule has 1 aliphatic heterocycles. The molecule has 4 N–H and O–H groups in total. The first kappa shape index (κ1) is 16.5. The molecule has 1 atom stereocenters. The van der Waals surface area contributed by atoms with Gasteiger partial charge in [-0.25, -0.2) is 15.2 Å². The van der Waals surface area contributed by atoms with E-state index in [2.05, 4.69) is 20.9 Å². The van der Waals surface area contributed by atoms with Gasteiger partial charge in [0.15, 0.2) is 0 Å². The van der Waals surface area contributed by atoms with Crippen LogP contribution in [0.15, 0.2) is 52.2 Å². The number of phenolic OH excluding ortho intramolecular Hbond substituents is 1. The van der Waals surface area contributed by atoms with Gasteiger partial charge in [0.25, 0.3) is 5.56 Å². The molecule has 0 amide bonds. The van der Waals surface area contributed by atoms with E-state index in [1.54, 1.807) is 18.3 Å². The Kier molecular flexibility index (Phi) is 4.25. The third-order valence-corrected chi connectivity index (χ3v) is 4.34. The first-order valence-electron chi connectivity index (χ1n) is 8.22. The number of rotatable bonds is 4. The second kappa shape index (κ2) is 6.71. The monoisotopic (exact) mass is 354 g/mol. The van der Waals surface area contributed by atoms with Crippen LogP contribution in [0.25, 0.3) is 10.9 Å². The van der Waals surface area contributed by atoms with Crippen molar-refractivity contribution in [2.45, 2.75) is 19.1 Å². The Labute approximate surface area is 147 Å². The fourth-order valence-corrected chi connectivity index (χ4v) is 3.08. The molecule has 1 fully saturated rings. The van der Waals surface area contributed by atoms with Gasteiger partial charge in [0.05, 0.1) is 29.2 Å². The summed E-state index contributed by atoms with van der Waals surface area (Å²) in [4.78, 5) is 31.8. The maximum Gasteiger partial charge on any atom is 0.328 e. The minimum Gasteiger partial charge on any atom is -0.506 e. The molecule has 3 aromatic rings. The maximum atomic E-state index is 12.6. The Morgan fingerprint density at radius 3 is 2.88 bits per heavy atom. The third kappa shape index (κ3) is 3.10. The number of hydrazine groups is 2. The highest BCUT2D eigenvalue weighted by atomic mass is 16.3. The first-order valence-corrected chi connectivity index (χ1v) is 8.22. The molecule has 0 bridgehead atoms. The first-order chi connectivity index (χ1) is 12.6. The third-order valence-electron chi connectivity index (χ3n) is 4.34. The molecule has 26 heavy (non-hydrogen) atoms. The molecule has 134 valence electrons. The molecule has 4 rings (SSSR count). The Hall–Kier alpha value is -3.01. The van der Waals surface area contributed by atoms with Gasteiger partial charge in [-0.3, -0.25) is 14.3 Å². The van der Waals surface area contributed by atoms with Crippen LogP contribution in [0.2, 0.25) is 0 Å². The summed E-state index contributed by atoms with van der Waals surface area (Å²) in [7, 11) is 0. The minimum absolute atomic E-state index is 0.119. The van der Waals surface area contributed by atoms with E-state index in [-0.39, 0.29) is 29.2 Å². The summed E-state index contributed by atoms with van der Waals surface area (Å²) in [5, 5.41) is 12.0. The Morgan fingerprint density at radius 1 is 1.19 bits per heavy atom. The van der Waals surface area contributed by atoms with Crippen molar-refractivity contribution in [3.05, 3.63) is 69.1 Å². The molecule has 1 unspecified atom stereocenters. The highest BCUT2D eigenvalue weighted by molar-refractivity contribution is 5.82. The number of fused-ring (bicyclic) bond motifs is 1. The van der Waals surface area contributed by atoms with E-state index in [9.17, 15) is 14.7 Å². The van der Waals surface area contributed by atoms with Crippen LogP contribution in [0, 0.1) is 0 Å². The number of hydrogen-bond donors (Lipinski definition) is 4. The predicted octanol–water partition coefficient (Wildman–Crippen LogP) is -0.316. The fraction of sp³-hybridized carbons (Fsp3) is 0.235. The summed E-state index contributed by atoms with van der Waals surface area (Å²) in [5.41, 5.74) is 6.21. The lowest BCUT2D eigenvalue weighted by atomic mass is 10.2. The van der Waals surface area contributed by atoms with E-state index in [1.165, 1.54) is 6.07 Å². The molecule has 0 spiro atoms. The molecular weight excluding hydrogens is 336 g/mol. The van der Waals surface area contributed by atoms with Crippen LogP contribution in [0.4, 0.5) is 0 Å². The molecule has 1 aliphatic rings. The van der Waals surface area contributed by atoms with Crippen molar-refractivity contribution < 1.29 is 5.11 Å². The largest absolute Gasteiger partial charge is 0.506 e. The number of H-pyrrole nitrogens is 1. The average molecular weight is 354 g/mol. The molecule has 0 aliphatic carbocycles. The molecule has 0 radical (unpaired) electrons. The van der Waals surface area contributed by atoms with Crippen LogP contribution in [0.5, 0.6) is 5.75 Å². The van der Waals surface area contributed by atoms with Gasteiger partial charge in [0, 0.05) is 19.3 Å². The normalized spacial score (nSPS) is 17.8. The number of hydrogen-bond acceptors (Lipinski definition) is 7. The fourth-order valence-electron chi connectivity index (χ4n) is 3.08. The quantitative estimate of drug-likeness (QED) is 0.508. The van der Waals surface area contributed by atoms with E-state index < -0.39 is 11.2 Å². The molecule has 3 heterocycles. The van der Waals surface area contributed by atoms with Crippen molar-refractivity contribution in [2.75, 3.05) is 6.54 Å². The summed E-state index contributed by atoms with van der Waals surface area (Å²) in [6.45, 7) is 1.40. The van der Waals surface area contributed by atoms with E-state index >= 15 is 0 Å². The van der Waals surface area contributed by atoms with E-state index in [4.69, 9.17) is 0 Å². The summed E-state index contributed by atoms with van der Waals surface area (Å²) in [6, 6.07) is 10.2. The van der Waals surface area contributed by atoms with Crippen LogP contribution in [0.1, 0.15) is 5.69 Å². The highest BCUT2D eigenvalue weighted by Gasteiger charge is 2.24. The Balaban J connectivity index is 1.53. The van der Waals surface area contributed by atoms with Crippen molar-refractivity contribution in [2.24, 2.45) is 0 Å². The molecule has 0 saturated carbocycles. The number of aromatic amines is 1. The van der Waals surface area contributed by atoms with Gasteiger partial charge in [-0.15, -0.1) is 0 Å². The molecule has 9 nitrogen and oxygen atoms in total. The summed E-state index contributed by atoms with van der Waals surface area (Å²) in [5.74, 6) is -0.119. The topological polar surface area (TPSA) is 115 Å². The van der Waals surface area contributed by atoms with E-state index in [0.29, 0.717) is 13.1 Å². The smallest absolute Gasteiger partial charge is 0.328 e. The number of nitrogens with one attached hydrogen (secondary N) is 3. The van der Waals surface area contributed by atoms with Crippen molar-refractivity contribution in [3.63, 3.8) is 0 Å². The predicted molar refractivity (Wildman–Crippen MR) is 95.2 cm³/mol. The number of pyridine rings is 1. The summed E-state index contributed by atoms with van der Waals surface area (Å²) < 4.78 is 1.14. The lowest BCUT2D eigenvalue weighted by molar-refractivity contribution is 0.221. The summed E-state index contributed by atoms with van der Waals surface area (Å²) in [6.07, 6.45) is 1.74. The van der Waals surface area contributed by atoms with Gasteiger partial charge >= 0.3 is 5.69 Å². The zero-order valence-corrected chi connectivity index (χ0v) is 13.8. The number of aromatic hydroxyl groups is 1. The Morgan fingerprint density at radius 2 is 2.08 bits per heavy atom. The van der Waals surface area contributed by atoms with Crippen molar-refractivity contribution in [1.29, 1.82) is 0 Å². The molecule has 2 aromatic heterocycles.